The molecule has 0 amide bonds. The van der Waals surface area contributed by atoms with Crippen molar-refractivity contribution < 1.29 is 37.3 Å². The van der Waals surface area contributed by atoms with Crippen molar-refractivity contribution in [2.45, 2.75) is 13.8 Å². The van der Waals surface area contributed by atoms with Crippen molar-refractivity contribution in [2.24, 2.45) is 0 Å². The lowest BCUT2D eigenvalue weighted by atomic mass is 10.0. The Morgan fingerprint density at radius 1 is 0.694 bits per heavy atom. The summed E-state index contributed by atoms with van der Waals surface area (Å²) in [5.41, 5.74) is 0.950. The number of halogens is 2. The maximum Gasteiger partial charge on any atom is 0.338 e. The molecule has 0 aromatic heterocycles. The first-order valence-corrected chi connectivity index (χ1v) is 10.8. The summed E-state index contributed by atoms with van der Waals surface area (Å²) in [5.74, 6) is -1.71. The zero-order valence-electron chi connectivity index (χ0n) is 19.8. The van der Waals surface area contributed by atoms with Crippen LogP contribution in [-0.2, 0) is 9.59 Å². The maximum absolute atomic E-state index is 14.7. The number of ether oxygens (including phenoxy) is 4. The third kappa shape index (κ3) is 7.02. The van der Waals surface area contributed by atoms with E-state index in [0.717, 1.165) is 12.1 Å². The Labute approximate surface area is 207 Å². The van der Waals surface area contributed by atoms with Crippen molar-refractivity contribution in [1.29, 1.82) is 0 Å². The molecule has 0 atom stereocenters. The Kier molecular flexibility index (Phi) is 8.57. The highest BCUT2D eigenvalue weighted by molar-refractivity contribution is 5.89. The highest BCUT2D eigenvalue weighted by Crippen LogP contribution is 2.30. The van der Waals surface area contributed by atoms with E-state index in [4.69, 9.17) is 18.9 Å². The molecule has 3 aromatic carbocycles. The molecule has 0 aliphatic heterocycles. The van der Waals surface area contributed by atoms with Gasteiger partial charge in [-0.05, 0) is 61.9 Å². The van der Waals surface area contributed by atoms with E-state index in [0.29, 0.717) is 17.1 Å². The smallest absolute Gasteiger partial charge is 0.338 e. The second-order valence-corrected chi connectivity index (χ2v) is 7.79. The molecule has 0 saturated carbocycles. The van der Waals surface area contributed by atoms with Gasteiger partial charge in [0, 0.05) is 22.8 Å². The van der Waals surface area contributed by atoms with Crippen LogP contribution in [0.4, 0.5) is 8.78 Å². The van der Waals surface area contributed by atoms with Gasteiger partial charge in [0.05, 0.1) is 0 Å². The fourth-order valence-corrected chi connectivity index (χ4v) is 2.87. The molecule has 0 fully saturated rings. The topological polar surface area (TPSA) is 71.1 Å². The predicted octanol–water partition coefficient (Wildman–Crippen LogP) is 6.05. The highest BCUT2D eigenvalue weighted by Gasteiger charge is 2.14. The van der Waals surface area contributed by atoms with E-state index < -0.39 is 23.6 Å². The van der Waals surface area contributed by atoms with Crippen LogP contribution in [0.25, 0.3) is 11.1 Å². The Hall–Kier alpha value is -4.46. The van der Waals surface area contributed by atoms with Crippen LogP contribution in [0.1, 0.15) is 13.8 Å². The van der Waals surface area contributed by atoms with Crippen LogP contribution in [0.3, 0.4) is 0 Å². The molecule has 0 heterocycles. The third-order valence-corrected chi connectivity index (χ3v) is 4.74. The van der Waals surface area contributed by atoms with Crippen molar-refractivity contribution in [2.75, 3.05) is 13.2 Å². The number of benzene rings is 3. The molecular formula is C28H24F2O6. The van der Waals surface area contributed by atoms with Crippen molar-refractivity contribution in [3.63, 3.8) is 0 Å². The van der Waals surface area contributed by atoms with Gasteiger partial charge in [-0.2, -0.15) is 0 Å². The third-order valence-electron chi connectivity index (χ3n) is 4.74. The monoisotopic (exact) mass is 494 g/mol. The number of rotatable bonds is 10. The van der Waals surface area contributed by atoms with Crippen molar-refractivity contribution in [3.8, 4) is 34.1 Å². The van der Waals surface area contributed by atoms with E-state index in [1.165, 1.54) is 31.2 Å². The van der Waals surface area contributed by atoms with Crippen LogP contribution in [0.5, 0.6) is 23.0 Å². The molecule has 186 valence electrons. The molecule has 8 heteroatoms. The number of carbonyl (C=O) groups is 2. The molecule has 0 bridgehead atoms. The average molecular weight is 494 g/mol. The number of esters is 2. The minimum absolute atomic E-state index is 0.0290. The summed E-state index contributed by atoms with van der Waals surface area (Å²) in [4.78, 5) is 23.1. The van der Waals surface area contributed by atoms with Gasteiger partial charge in [-0.3, -0.25) is 0 Å². The lowest BCUT2D eigenvalue weighted by Gasteiger charge is -2.12. The molecule has 3 aromatic rings. The molecule has 6 nitrogen and oxygen atoms in total. The van der Waals surface area contributed by atoms with Crippen molar-refractivity contribution in [1.82, 2.24) is 0 Å². The molecule has 0 spiro atoms. The van der Waals surface area contributed by atoms with Gasteiger partial charge < -0.3 is 18.9 Å². The first kappa shape index (κ1) is 26.2. The Balaban J connectivity index is 1.55. The van der Waals surface area contributed by atoms with Gasteiger partial charge in [0.15, 0.2) is 11.6 Å². The average Bonchev–Trinajstić information content (AvgIpc) is 2.85. The highest BCUT2D eigenvalue weighted by atomic mass is 19.1. The Morgan fingerprint density at radius 3 is 1.69 bits per heavy atom. The maximum atomic E-state index is 14.7. The minimum Gasteiger partial charge on any atom is -0.490 e. The van der Waals surface area contributed by atoms with Crippen LogP contribution in [0.15, 0.2) is 85.0 Å². The van der Waals surface area contributed by atoms with Crippen LogP contribution in [0, 0.1) is 11.6 Å². The van der Waals surface area contributed by atoms with Crippen molar-refractivity contribution in [3.05, 3.63) is 96.6 Å². The molecule has 0 saturated heterocycles. The van der Waals surface area contributed by atoms with Crippen LogP contribution >= 0.6 is 0 Å². The molecule has 0 unspecified atom stereocenters. The molecule has 0 aliphatic rings. The predicted molar refractivity (Wildman–Crippen MR) is 130 cm³/mol. The number of carbonyl (C=O) groups excluding carboxylic acids is 2. The van der Waals surface area contributed by atoms with Gasteiger partial charge >= 0.3 is 11.9 Å². The van der Waals surface area contributed by atoms with Gasteiger partial charge in [-0.1, -0.05) is 25.3 Å². The van der Waals surface area contributed by atoms with Crippen LogP contribution in [0.2, 0.25) is 0 Å². The van der Waals surface area contributed by atoms with Crippen LogP contribution < -0.4 is 18.9 Å². The lowest BCUT2D eigenvalue weighted by Crippen LogP contribution is -2.10. The molecule has 0 N–H and O–H groups in total. The first-order valence-electron chi connectivity index (χ1n) is 10.8. The summed E-state index contributed by atoms with van der Waals surface area (Å²) in [6, 6.07) is 14.3. The fourth-order valence-electron chi connectivity index (χ4n) is 2.87. The van der Waals surface area contributed by atoms with Gasteiger partial charge in [0.25, 0.3) is 0 Å². The van der Waals surface area contributed by atoms with E-state index >= 15 is 0 Å². The van der Waals surface area contributed by atoms with Gasteiger partial charge in [-0.25, -0.2) is 18.4 Å². The van der Waals surface area contributed by atoms with E-state index in [1.807, 2.05) is 0 Å². The summed E-state index contributed by atoms with van der Waals surface area (Å²) in [6.07, 6.45) is 0. The quantitative estimate of drug-likeness (QED) is 0.148. The lowest BCUT2D eigenvalue weighted by molar-refractivity contribution is -0.130. The SMILES string of the molecule is C=C(C)C(=O)Oc1ccc(OCCOc2cc(F)c(-c3ccc(OC(=O)C(=C)C)cc3)cc2F)cc1. The first-order chi connectivity index (χ1) is 17.1. The molecular weight excluding hydrogens is 470 g/mol. The standard InChI is InChI=1S/C28H24F2O6/c1-17(2)27(31)35-21-7-5-19(6-8-21)23-15-25(30)26(16-24(23)29)34-14-13-33-20-9-11-22(12-10-20)36-28(32)18(3)4/h5-12,15-16H,1,3,13-14H2,2,4H3. The van der Waals surface area contributed by atoms with Gasteiger partial charge in [-0.15, -0.1) is 0 Å². The zero-order chi connectivity index (χ0) is 26.2. The van der Waals surface area contributed by atoms with E-state index in [9.17, 15) is 18.4 Å². The summed E-state index contributed by atoms with van der Waals surface area (Å²) >= 11 is 0. The molecule has 0 radical (unpaired) electrons. The number of hydrogen-bond donors (Lipinski definition) is 0. The minimum atomic E-state index is -0.743. The Bertz CT molecular complexity index is 1280. The van der Waals surface area contributed by atoms with Crippen molar-refractivity contribution >= 4 is 11.9 Å². The molecule has 3 rings (SSSR count). The fraction of sp³-hybridized carbons (Fsp3) is 0.143. The second kappa shape index (κ2) is 11.8. The van der Waals surface area contributed by atoms with Gasteiger partial charge in [0.2, 0.25) is 0 Å². The van der Waals surface area contributed by atoms with E-state index in [2.05, 4.69) is 13.2 Å². The zero-order valence-corrected chi connectivity index (χ0v) is 19.8. The summed E-state index contributed by atoms with van der Waals surface area (Å²) in [5, 5.41) is 0. The summed E-state index contributed by atoms with van der Waals surface area (Å²) < 4.78 is 50.3. The second-order valence-electron chi connectivity index (χ2n) is 7.79. The van der Waals surface area contributed by atoms with E-state index in [-0.39, 0.29) is 41.4 Å². The molecule has 36 heavy (non-hydrogen) atoms. The summed E-state index contributed by atoms with van der Waals surface area (Å²) in [6.45, 7) is 10.1. The normalized spacial score (nSPS) is 10.3. The Morgan fingerprint density at radius 2 is 1.17 bits per heavy atom. The number of hydrogen-bond acceptors (Lipinski definition) is 6. The summed E-state index contributed by atoms with van der Waals surface area (Å²) in [7, 11) is 0. The largest absolute Gasteiger partial charge is 0.490 e. The molecule has 0 aliphatic carbocycles. The van der Waals surface area contributed by atoms with Gasteiger partial charge in [0.1, 0.15) is 36.3 Å². The van der Waals surface area contributed by atoms with E-state index in [1.54, 1.807) is 31.2 Å². The van der Waals surface area contributed by atoms with Crippen LogP contribution in [-0.4, -0.2) is 25.2 Å².